The summed E-state index contributed by atoms with van der Waals surface area (Å²) in [6.07, 6.45) is 4.32. The van der Waals surface area contributed by atoms with E-state index in [1.54, 1.807) is 0 Å². The first-order valence-corrected chi connectivity index (χ1v) is 6.17. The molecule has 0 bridgehead atoms. The standard InChI is InChI=1S/C12H21N3O/c1-9(2)13-8-4-5-10-14-11(15-16-10)12(3)6-7-12/h9,13H,4-8H2,1-3H3. The minimum absolute atomic E-state index is 0.220. The van der Waals surface area contributed by atoms with Gasteiger partial charge in [0.25, 0.3) is 0 Å². The molecule has 2 rings (SSSR count). The molecule has 0 radical (unpaired) electrons. The lowest BCUT2D eigenvalue weighted by Gasteiger charge is -2.05. The van der Waals surface area contributed by atoms with Crippen LogP contribution in [0.5, 0.6) is 0 Å². The van der Waals surface area contributed by atoms with Crippen LogP contribution in [0, 0.1) is 0 Å². The van der Waals surface area contributed by atoms with Crippen molar-refractivity contribution in [2.45, 2.75) is 57.9 Å². The van der Waals surface area contributed by atoms with E-state index in [0.29, 0.717) is 6.04 Å². The molecule has 16 heavy (non-hydrogen) atoms. The van der Waals surface area contributed by atoms with Gasteiger partial charge in [-0.25, -0.2) is 0 Å². The maximum atomic E-state index is 5.25. The van der Waals surface area contributed by atoms with Crippen LogP contribution in [0.25, 0.3) is 0 Å². The van der Waals surface area contributed by atoms with Crippen molar-refractivity contribution in [3.63, 3.8) is 0 Å². The van der Waals surface area contributed by atoms with Crippen LogP contribution in [0.2, 0.25) is 0 Å². The molecule has 4 heteroatoms. The third-order valence-corrected chi connectivity index (χ3v) is 3.13. The number of hydrogen-bond donors (Lipinski definition) is 1. The maximum Gasteiger partial charge on any atom is 0.226 e. The molecule has 1 N–H and O–H groups in total. The van der Waals surface area contributed by atoms with Crippen LogP contribution in [0.1, 0.15) is 51.7 Å². The SMILES string of the molecule is CC(C)NCCCc1nc(C2(C)CC2)no1. The molecule has 1 fully saturated rings. The second kappa shape index (κ2) is 4.53. The summed E-state index contributed by atoms with van der Waals surface area (Å²) in [5, 5.41) is 7.43. The van der Waals surface area contributed by atoms with Crippen LogP contribution in [-0.2, 0) is 11.8 Å². The summed E-state index contributed by atoms with van der Waals surface area (Å²) in [7, 11) is 0. The quantitative estimate of drug-likeness (QED) is 0.750. The van der Waals surface area contributed by atoms with E-state index in [1.807, 2.05) is 0 Å². The summed E-state index contributed by atoms with van der Waals surface area (Å²) in [5.74, 6) is 1.69. The first-order chi connectivity index (χ1) is 7.60. The van der Waals surface area contributed by atoms with Crippen molar-refractivity contribution in [3.8, 4) is 0 Å². The van der Waals surface area contributed by atoms with Gasteiger partial charge >= 0.3 is 0 Å². The molecule has 0 aromatic carbocycles. The van der Waals surface area contributed by atoms with Crippen molar-refractivity contribution in [1.82, 2.24) is 15.5 Å². The van der Waals surface area contributed by atoms with Gasteiger partial charge in [0.15, 0.2) is 5.82 Å². The maximum absolute atomic E-state index is 5.25. The molecule has 1 saturated carbocycles. The molecule has 90 valence electrons. The van der Waals surface area contributed by atoms with Crippen molar-refractivity contribution >= 4 is 0 Å². The Hall–Kier alpha value is -0.900. The highest BCUT2D eigenvalue weighted by molar-refractivity contribution is 5.14. The van der Waals surface area contributed by atoms with Crippen molar-refractivity contribution in [1.29, 1.82) is 0 Å². The van der Waals surface area contributed by atoms with Gasteiger partial charge in [0.05, 0.1) is 0 Å². The van der Waals surface area contributed by atoms with Gasteiger partial charge < -0.3 is 9.84 Å². The normalized spacial score (nSPS) is 18.0. The second-order valence-corrected chi connectivity index (χ2v) is 5.28. The third kappa shape index (κ3) is 2.82. The molecular weight excluding hydrogens is 202 g/mol. The highest BCUT2D eigenvalue weighted by Gasteiger charge is 2.43. The average Bonchev–Trinajstić information content (AvgIpc) is 2.81. The van der Waals surface area contributed by atoms with E-state index in [2.05, 4.69) is 36.2 Å². The molecule has 1 aliphatic carbocycles. The fourth-order valence-electron chi connectivity index (χ4n) is 1.64. The van der Waals surface area contributed by atoms with E-state index in [1.165, 1.54) is 12.8 Å². The second-order valence-electron chi connectivity index (χ2n) is 5.28. The van der Waals surface area contributed by atoms with Gasteiger partial charge in [-0.1, -0.05) is 25.9 Å². The molecule has 4 nitrogen and oxygen atoms in total. The van der Waals surface area contributed by atoms with E-state index >= 15 is 0 Å². The van der Waals surface area contributed by atoms with E-state index in [-0.39, 0.29) is 5.41 Å². The predicted molar refractivity (Wildman–Crippen MR) is 62.3 cm³/mol. The number of nitrogens with one attached hydrogen (secondary N) is 1. The summed E-state index contributed by atoms with van der Waals surface area (Å²) in [6, 6.07) is 0.545. The Morgan fingerprint density at radius 1 is 1.44 bits per heavy atom. The van der Waals surface area contributed by atoms with Gasteiger partial charge in [-0.2, -0.15) is 4.98 Å². The number of aryl methyl sites for hydroxylation is 1. The highest BCUT2D eigenvalue weighted by atomic mass is 16.5. The molecule has 0 amide bonds. The van der Waals surface area contributed by atoms with E-state index in [4.69, 9.17) is 4.52 Å². The zero-order chi connectivity index (χ0) is 11.6. The molecule has 0 aliphatic heterocycles. The Labute approximate surface area is 96.8 Å². The van der Waals surface area contributed by atoms with Crippen molar-refractivity contribution in [2.75, 3.05) is 6.54 Å². The first kappa shape index (κ1) is 11.6. The zero-order valence-electron chi connectivity index (χ0n) is 10.4. The van der Waals surface area contributed by atoms with Gasteiger partial charge in [-0.3, -0.25) is 0 Å². The van der Waals surface area contributed by atoms with Crippen LogP contribution in [0.15, 0.2) is 4.52 Å². The summed E-state index contributed by atoms with van der Waals surface area (Å²) < 4.78 is 5.25. The summed E-state index contributed by atoms with van der Waals surface area (Å²) in [6.45, 7) is 7.51. The molecule has 1 aromatic rings. The van der Waals surface area contributed by atoms with Crippen LogP contribution >= 0.6 is 0 Å². The molecule has 0 unspecified atom stereocenters. The van der Waals surface area contributed by atoms with Crippen LogP contribution in [0.4, 0.5) is 0 Å². The Balaban J connectivity index is 1.75. The van der Waals surface area contributed by atoms with Crippen LogP contribution in [-0.4, -0.2) is 22.7 Å². The molecule has 1 heterocycles. The largest absolute Gasteiger partial charge is 0.339 e. The third-order valence-electron chi connectivity index (χ3n) is 3.13. The van der Waals surface area contributed by atoms with Crippen molar-refractivity contribution < 1.29 is 4.52 Å². The van der Waals surface area contributed by atoms with Crippen molar-refractivity contribution in [2.24, 2.45) is 0 Å². The zero-order valence-corrected chi connectivity index (χ0v) is 10.4. The summed E-state index contributed by atoms with van der Waals surface area (Å²) >= 11 is 0. The summed E-state index contributed by atoms with van der Waals surface area (Å²) in [4.78, 5) is 4.46. The average molecular weight is 223 g/mol. The fourth-order valence-corrected chi connectivity index (χ4v) is 1.64. The van der Waals surface area contributed by atoms with E-state index in [0.717, 1.165) is 31.1 Å². The number of aromatic nitrogens is 2. The Morgan fingerprint density at radius 3 is 2.81 bits per heavy atom. The Kier molecular flexibility index (Phi) is 3.28. The number of hydrogen-bond acceptors (Lipinski definition) is 4. The molecular formula is C12H21N3O. The van der Waals surface area contributed by atoms with Gasteiger partial charge in [0.2, 0.25) is 5.89 Å². The highest BCUT2D eigenvalue weighted by Crippen LogP contribution is 2.45. The van der Waals surface area contributed by atoms with Gasteiger partial charge in [0.1, 0.15) is 0 Å². The Morgan fingerprint density at radius 2 is 2.19 bits per heavy atom. The number of nitrogens with zero attached hydrogens (tertiary/aromatic N) is 2. The number of rotatable bonds is 6. The van der Waals surface area contributed by atoms with Crippen LogP contribution < -0.4 is 5.32 Å². The van der Waals surface area contributed by atoms with Gasteiger partial charge in [-0.05, 0) is 25.8 Å². The Bertz CT molecular complexity index is 342. The lowest BCUT2D eigenvalue weighted by atomic mass is 10.1. The molecule has 0 atom stereocenters. The van der Waals surface area contributed by atoms with Gasteiger partial charge in [-0.15, -0.1) is 0 Å². The van der Waals surface area contributed by atoms with Gasteiger partial charge in [0, 0.05) is 17.9 Å². The van der Waals surface area contributed by atoms with E-state index < -0.39 is 0 Å². The molecule has 0 spiro atoms. The fraction of sp³-hybridized carbons (Fsp3) is 0.833. The predicted octanol–water partition coefficient (Wildman–Crippen LogP) is 2.05. The van der Waals surface area contributed by atoms with Crippen molar-refractivity contribution in [3.05, 3.63) is 11.7 Å². The molecule has 0 saturated heterocycles. The monoisotopic (exact) mass is 223 g/mol. The smallest absolute Gasteiger partial charge is 0.226 e. The lowest BCUT2D eigenvalue weighted by Crippen LogP contribution is -2.23. The molecule has 1 aromatic heterocycles. The minimum atomic E-state index is 0.220. The lowest BCUT2D eigenvalue weighted by molar-refractivity contribution is 0.365. The van der Waals surface area contributed by atoms with Crippen LogP contribution in [0.3, 0.4) is 0 Å². The topological polar surface area (TPSA) is 51.0 Å². The minimum Gasteiger partial charge on any atom is -0.339 e. The summed E-state index contributed by atoms with van der Waals surface area (Å²) in [5.41, 5.74) is 0.220. The first-order valence-electron chi connectivity index (χ1n) is 6.17. The molecule has 1 aliphatic rings. The van der Waals surface area contributed by atoms with E-state index in [9.17, 15) is 0 Å².